The van der Waals surface area contributed by atoms with Crippen molar-refractivity contribution in [2.45, 2.75) is 18.8 Å². The number of rotatable bonds is 5. The summed E-state index contributed by atoms with van der Waals surface area (Å²) in [5.41, 5.74) is 10.5. The molecule has 0 fully saturated rings. The largest absolute Gasteiger partial charge is 0.292 e. The highest BCUT2D eigenvalue weighted by molar-refractivity contribution is 6.16. The standard InChI is InChI=1S/C46H34N2/c1-46(29-27-33(28-30-46)32-15-5-2-6-16-32)44-38-22-12-11-21-37(38)43(34-17-7-3-8-18-34)40-31-35(25-26-39(40)44)45-47-41-23-13-14-24-42(41)48(45)36-19-9-4-10-20-36/h2-29,31H,30H2,1H3. The maximum atomic E-state index is 5.24. The molecule has 228 valence electrons. The van der Waals surface area contributed by atoms with E-state index in [1.807, 2.05) is 0 Å². The molecule has 0 saturated carbocycles. The van der Waals surface area contributed by atoms with Crippen molar-refractivity contribution >= 4 is 38.2 Å². The molecule has 2 nitrogen and oxygen atoms in total. The van der Waals surface area contributed by atoms with Crippen LogP contribution in [0.2, 0.25) is 0 Å². The Hall–Kier alpha value is -5.99. The topological polar surface area (TPSA) is 17.8 Å². The summed E-state index contributed by atoms with van der Waals surface area (Å²) in [6, 6.07) is 56.5. The minimum absolute atomic E-state index is 0.190. The van der Waals surface area contributed by atoms with Crippen molar-refractivity contribution in [2.75, 3.05) is 0 Å². The SMILES string of the molecule is CC1(c2c3ccccc3c(-c3ccccc3)c3cc(-c4nc5ccccc5n4-c4ccccc4)ccc23)C=CC(c2ccccc2)=CC1. The summed E-state index contributed by atoms with van der Waals surface area (Å²) >= 11 is 0. The number of fused-ring (bicyclic) bond motifs is 3. The van der Waals surface area contributed by atoms with Crippen LogP contribution in [0.1, 0.15) is 24.5 Å². The van der Waals surface area contributed by atoms with Crippen LogP contribution in [0.5, 0.6) is 0 Å². The molecule has 48 heavy (non-hydrogen) atoms. The van der Waals surface area contributed by atoms with Gasteiger partial charge in [-0.3, -0.25) is 4.57 Å². The zero-order chi connectivity index (χ0) is 32.1. The lowest BCUT2D eigenvalue weighted by atomic mass is 9.71. The van der Waals surface area contributed by atoms with Gasteiger partial charge in [0.2, 0.25) is 0 Å². The molecule has 0 N–H and O–H groups in total. The monoisotopic (exact) mass is 614 g/mol. The fourth-order valence-electron chi connectivity index (χ4n) is 7.67. The first-order valence-corrected chi connectivity index (χ1v) is 16.7. The second kappa shape index (κ2) is 11.4. The van der Waals surface area contributed by atoms with Crippen molar-refractivity contribution in [2.24, 2.45) is 0 Å². The molecule has 2 heteroatoms. The molecule has 0 aliphatic heterocycles. The summed E-state index contributed by atoms with van der Waals surface area (Å²) in [6.45, 7) is 2.40. The number of para-hydroxylation sites is 3. The van der Waals surface area contributed by atoms with E-state index in [1.54, 1.807) is 0 Å². The highest BCUT2D eigenvalue weighted by Crippen LogP contribution is 2.48. The number of aromatic nitrogens is 2. The van der Waals surface area contributed by atoms with Gasteiger partial charge >= 0.3 is 0 Å². The van der Waals surface area contributed by atoms with Crippen LogP contribution in [-0.4, -0.2) is 9.55 Å². The van der Waals surface area contributed by atoms with Crippen molar-refractivity contribution in [3.63, 3.8) is 0 Å². The van der Waals surface area contributed by atoms with Crippen LogP contribution < -0.4 is 0 Å². The van der Waals surface area contributed by atoms with Crippen LogP contribution in [0.15, 0.2) is 176 Å². The van der Waals surface area contributed by atoms with Gasteiger partial charge in [-0.2, -0.15) is 0 Å². The molecule has 9 rings (SSSR count). The number of allylic oxidation sites excluding steroid dienone is 4. The first-order chi connectivity index (χ1) is 23.7. The lowest BCUT2D eigenvalue weighted by Gasteiger charge is -2.32. The molecule has 0 radical (unpaired) electrons. The Bertz CT molecular complexity index is 2520. The predicted molar refractivity (Wildman–Crippen MR) is 202 cm³/mol. The quantitative estimate of drug-likeness (QED) is 0.176. The Labute approximate surface area is 281 Å². The van der Waals surface area contributed by atoms with Crippen molar-refractivity contribution in [3.8, 4) is 28.2 Å². The van der Waals surface area contributed by atoms with E-state index in [4.69, 9.17) is 4.98 Å². The third kappa shape index (κ3) is 4.60. The number of nitrogens with zero attached hydrogens (tertiary/aromatic N) is 2. The van der Waals surface area contributed by atoms with E-state index in [0.29, 0.717) is 0 Å². The summed E-state index contributed by atoms with van der Waals surface area (Å²) in [5.74, 6) is 0.942. The Balaban J connectivity index is 1.32. The van der Waals surface area contributed by atoms with Gasteiger partial charge in [0.1, 0.15) is 5.82 Å². The van der Waals surface area contributed by atoms with Crippen LogP contribution in [-0.2, 0) is 5.41 Å². The van der Waals surface area contributed by atoms with Gasteiger partial charge in [0.25, 0.3) is 0 Å². The minimum Gasteiger partial charge on any atom is -0.292 e. The molecule has 1 aliphatic rings. The van der Waals surface area contributed by atoms with Gasteiger partial charge in [-0.05, 0) is 86.1 Å². The summed E-state index contributed by atoms with van der Waals surface area (Å²) in [6.07, 6.45) is 8.09. The van der Waals surface area contributed by atoms with Gasteiger partial charge in [0, 0.05) is 16.7 Å². The molecular weight excluding hydrogens is 581 g/mol. The first-order valence-electron chi connectivity index (χ1n) is 16.7. The highest BCUT2D eigenvalue weighted by Gasteiger charge is 2.31. The summed E-state index contributed by atoms with van der Waals surface area (Å²) in [5, 5.41) is 5.10. The van der Waals surface area contributed by atoms with E-state index < -0.39 is 0 Å². The van der Waals surface area contributed by atoms with Gasteiger partial charge < -0.3 is 0 Å². The molecule has 1 aromatic heterocycles. The van der Waals surface area contributed by atoms with Gasteiger partial charge in [-0.15, -0.1) is 0 Å². The van der Waals surface area contributed by atoms with E-state index in [0.717, 1.165) is 34.5 Å². The van der Waals surface area contributed by atoms with E-state index >= 15 is 0 Å². The molecule has 1 aliphatic carbocycles. The third-order valence-electron chi connectivity index (χ3n) is 9.97. The number of hydrogen-bond donors (Lipinski definition) is 0. The Kier molecular flexibility index (Phi) is 6.69. The van der Waals surface area contributed by atoms with Crippen LogP contribution in [0.3, 0.4) is 0 Å². The molecule has 1 heterocycles. The van der Waals surface area contributed by atoms with Crippen molar-refractivity contribution < 1.29 is 0 Å². The van der Waals surface area contributed by atoms with Gasteiger partial charge in [-0.1, -0.05) is 153 Å². The highest BCUT2D eigenvalue weighted by atomic mass is 15.1. The van der Waals surface area contributed by atoms with Crippen molar-refractivity contribution in [1.29, 1.82) is 0 Å². The van der Waals surface area contributed by atoms with Crippen LogP contribution in [0.4, 0.5) is 0 Å². The Morgan fingerprint density at radius 1 is 0.562 bits per heavy atom. The second-order valence-electron chi connectivity index (χ2n) is 13.0. The van der Waals surface area contributed by atoms with E-state index in [2.05, 4.69) is 187 Å². The summed E-state index contributed by atoms with van der Waals surface area (Å²) < 4.78 is 2.29. The van der Waals surface area contributed by atoms with Gasteiger partial charge in [-0.25, -0.2) is 4.98 Å². The zero-order valence-electron chi connectivity index (χ0n) is 26.8. The maximum Gasteiger partial charge on any atom is 0.145 e. The van der Waals surface area contributed by atoms with Crippen molar-refractivity contribution in [3.05, 3.63) is 187 Å². The average Bonchev–Trinajstić information content (AvgIpc) is 3.55. The number of imidazole rings is 1. The Morgan fingerprint density at radius 3 is 1.92 bits per heavy atom. The smallest absolute Gasteiger partial charge is 0.145 e. The first kappa shape index (κ1) is 28.3. The third-order valence-corrected chi connectivity index (χ3v) is 9.97. The number of hydrogen-bond acceptors (Lipinski definition) is 1. The molecule has 0 saturated heterocycles. The Morgan fingerprint density at radius 2 is 1.19 bits per heavy atom. The molecule has 0 spiro atoms. The number of benzene rings is 7. The van der Waals surface area contributed by atoms with Crippen LogP contribution >= 0.6 is 0 Å². The molecule has 0 bridgehead atoms. The molecule has 1 atom stereocenters. The van der Waals surface area contributed by atoms with Crippen molar-refractivity contribution in [1.82, 2.24) is 9.55 Å². The maximum absolute atomic E-state index is 5.24. The van der Waals surface area contributed by atoms with E-state index in [1.165, 1.54) is 49.4 Å². The predicted octanol–water partition coefficient (Wildman–Crippen LogP) is 12.0. The average molecular weight is 615 g/mol. The van der Waals surface area contributed by atoms with Gasteiger partial charge in [0.05, 0.1) is 11.0 Å². The molecule has 0 amide bonds. The fraction of sp³-hybridized carbons (Fsp3) is 0.0652. The van der Waals surface area contributed by atoms with Crippen LogP contribution in [0, 0.1) is 0 Å². The van der Waals surface area contributed by atoms with E-state index in [9.17, 15) is 0 Å². The lowest BCUT2D eigenvalue weighted by Crippen LogP contribution is -2.21. The lowest BCUT2D eigenvalue weighted by molar-refractivity contribution is 0.612. The molecule has 8 aromatic rings. The van der Waals surface area contributed by atoms with Gasteiger partial charge in [0.15, 0.2) is 0 Å². The minimum atomic E-state index is -0.190. The summed E-state index contributed by atoms with van der Waals surface area (Å²) in [4.78, 5) is 5.24. The normalized spacial score (nSPS) is 16.1. The van der Waals surface area contributed by atoms with Crippen LogP contribution in [0.25, 0.3) is 66.4 Å². The fourth-order valence-corrected chi connectivity index (χ4v) is 7.67. The summed E-state index contributed by atoms with van der Waals surface area (Å²) in [7, 11) is 0. The molecule has 7 aromatic carbocycles. The molecule has 1 unspecified atom stereocenters. The zero-order valence-corrected chi connectivity index (χ0v) is 26.8. The molecular formula is C46H34N2. The second-order valence-corrected chi connectivity index (χ2v) is 13.0. The van der Waals surface area contributed by atoms with E-state index in [-0.39, 0.29) is 5.41 Å².